The average Bonchev–Trinajstić information content (AvgIpc) is 3.03. The fourth-order valence-corrected chi connectivity index (χ4v) is 3.62. The maximum atomic E-state index is 13.1. The van der Waals surface area contributed by atoms with Gasteiger partial charge in [0.1, 0.15) is 12.1 Å². The number of nitriles is 1. The molecule has 4 amide bonds. The SMILES string of the molecule is CCOC(=O)C[C@H](NC(=O)CN1C(=O)N[C@@](C)(c2ccc(C#N)cc2)C1=O)c1ccccc1. The molecule has 9 heteroatoms. The highest BCUT2D eigenvalue weighted by molar-refractivity contribution is 6.09. The Morgan fingerprint density at radius 3 is 2.42 bits per heavy atom. The molecular formula is C24H24N4O5. The zero-order chi connectivity index (χ0) is 24.0. The predicted octanol–water partition coefficient (Wildman–Crippen LogP) is 2.14. The number of urea groups is 1. The molecule has 0 radical (unpaired) electrons. The van der Waals surface area contributed by atoms with Gasteiger partial charge in [-0.1, -0.05) is 42.5 Å². The van der Waals surface area contributed by atoms with E-state index in [2.05, 4.69) is 10.6 Å². The highest BCUT2D eigenvalue weighted by Gasteiger charge is 2.49. The van der Waals surface area contributed by atoms with Crippen LogP contribution in [-0.4, -0.2) is 41.9 Å². The third-order valence-corrected chi connectivity index (χ3v) is 5.38. The van der Waals surface area contributed by atoms with E-state index in [-0.39, 0.29) is 13.0 Å². The summed E-state index contributed by atoms with van der Waals surface area (Å²) in [6, 6.07) is 15.8. The first kappa shape index (κ1) is 23.5. The second-order valence-corrected chi connectivity index (χ2v) is 7.68. The average molecular weight is 448 g/mol. The van der Waals surface area contributed by atoms with Crippen LogP contribution in [-0.2, 0) is 24.7 Å². The summed E-state index contributed by atoms with van der Waals surface area (Å²) in [5, 5.41) is 14.3. The van der Waals surface area contributed by atoms with Crippen molar-refractivity contribution in [2.24, 2.45) is 0 Å². The van der Waals surface area contributed by atoms with E-state index < -0.39 is 41.9 Å². The molecule has 0 unspecified atom stereocenters. The van der Waals surface area contributed by atoms with Gasteiger partial charge in [-0.05, 0) is 37.1 Å². The molecule has 0 bridgehead atoms. The summed E-state index contributed by atoms with van der Waals surface area (Å²) in [6.07, 6.45) is -0.0906. The molecule has 1 saturated heterocycles. The Kier molecular flexibility index (Phi) is 7.08. The molecule has 2 aromatic rings. The maximum Gasteiger partial charge on any atom is 0.325 e. The topological polar surface area (TPSA) is 129 Å². The monoisotopic (exact) mass is 448 g/mol. The van der Waals surface area contributed by atoms with Crippen LogP contribution in [0.4, 0.5) is 4.79 Å². The smallest absolute Gasteiger partial charge is 0.325 e. The molecule has 1 heterocycles. The van der Waals surface area contributed by atoms with Gasteiger partial charge in [0.25, 0.3) is 5.91 Å². The minimum atomic E-state index is -1.37. The number of rotatable bonds is 8. The summed E-state index contributed by atoms with van der Waals surface area (Å²) in [4.78, 5) is 51.2. The fraction of sp³-hybridized carbons (Fsp3) is 0.292. The molecule has 9 nitrogen and oxygen atoms in total. The van der Waals surface area contributed by atoms with Crippen molar-refractivity contribution in [3.05, 3.63) is 71.3 Å². The third-order valence-electron chi connectivity index (χ3n) is 5.38. The summed E-state index contributed by atoms with van der Waals surface area (Å²) in [5.41, 5.74) is 0.240. The number of carbonyl (C=O) groups excluding carboxylic acids is 4. The van der Waals surface area contributed by atoms with Gasteiger partial charge in [-0.2, -0.15) is 5.26 Å². The highest BCUT2D eigenvalue weighted by atomic mass is 16.5. The summed E-state index contributed by atoms with van der Waals surface area (Å²) in [6.45, 7) is 2.93. The van der Waals surface area contributed by atoms with Crippen molar-refractivity contribution < 1.29 is 23.9 Å². The van der Waals surface area contributed by atoms with Crippen LogP contribution in [0.2, 0.25) is 0 Å². The zero-order valence-electron chi connectivity index (χ0n) is 18.3. The molecule has 170 valence electrons. The summed E-state index contributed by atoms with van der Waals surface area (Å²) >= 11 is 0. The fourth-order valence-electron chi connectivity index (χ4n) is 3.62. The van der Waals surface area contributed by atoms with Crippen molar-refractivity contribution in [3.8, 4) is 6.07 Å². The van der Waals surface area contributed by atoms with Crippen LogP contribution in [0.25, 0.3) is 0 Å². The highest BCUT2D eigenvalue weighted by Crippen LogP contribution is 2.29. The van der Waals surface area contributed by atoms with E-state index in [1.807, 2.05) is 12.1 Å². The van der Waals surface area contributed by atoms with Crippen molar-refractivity contribution in [2.75, 3.05) is 13.2 Å². The second-order valence-electron chi connectivity index (χ2n) is 7.68. The number of nitrogens with one attached hydrogen (secondary N) is 2. The van der Waals surface area contributed by atoms with E-state index in [1.165, 1.54) is 0 Å². The van der Waals surface area contributed by atoms with Gasteiger partial charge in [-0.3, -0.25) is 19.3 Å². The third kappa shape index (κ3) is 5.18. The van der Waals surface area contributed by atoms with Gasteiger partial charge in [0.05, 0.1) is 30.7 Å². The molecule has 2 atom stereocenters. The van der Waals surface area contributed by atoms with Gasteiger partial charge in [0.2, 0.25) is 5.91 Å². The number of carbonyl (C=O) groups is 4. The molecule has 1 aliphatic rings. The normalized spacial score (nSPS) is 18.3. The molecule has 0 spiro atoms. The van der Waals surface area contributed by atoms with Crippen molar-refractivity contribution in [1.29, 1.82) is 5.26 Å². The van der Waals surface area contributed by atoms with Gasteiger partial charge in [0, 0.05) is 0 Å². The van der Waals surface area contributed by atoms with Crippen molar-refractivity contribution in [1.82, 2.24) is 15.5 Å². The van der Waals surface area contributed by atoms with Crippen molar-refractivity contribution in [3.63, 3.8) is 0 Å². The first-order valence-electron chi connectivity index (χ1n) is 10.4. The number of ether oxygens (including phenoxy) is 1. The second kappa shape index (κ2) is 9.96. The first-order chi connectivity index (χ1) is 15.8. The number of benzene rings is 2. The zero-order valence-corrected chi connectivity index (χ0v) is 18.3. The lowest BCUT2D eigenvalue weighted by Gasteiger charge is -2.23. The van der Waals surface area contributed by atoms with E-state index in [0.717, 1.165) is 4.90 Å². The van der Waals surface area contributed by atoms with Crippen molar-refractivity contribution in [2.45, 2.75) is 31.8 Å². The minimum Gasteiger partial charge on any atom is -0.466 e. The lowest BCUT2D eigenvalue weighted by molar-refractivity contribution is -0.144. The number of hydrogen-bond donors (Lipinski definition) is 2. The molecule has 0 saturated carbocycles. The Hall–Kier alpha value is -4.19. The van der Waals surface area contributed by atoms with E-state index in [4.69, 9.17) is 10.00 Å². The number of nitrogens with zero attached hydrogens (tertiary/aromatic N) is 2. The van der Waals surface area contributed by atoms with Gasteiger partial charge in [-0.15, -0.1) is 0 Å². The molecule has 2 N–H and O–H groups in total. The van der Waals surface area contributed by atoms with Crippen molar-refractivity contribution >= 4 is 23.8 Å². The summed E-state index contributed by atoms with van der Waals surface area (Å²) in [7, 11) is 0. The van der Waals surface area contributed by atoms with Gasteiger partial charge in [-0.25, -0.2) is 4.79 Å². The van der Waals surface area contributed by atoms with E-state index in [0.29, 0.717) is 16.7 Å². The van der Waals surface area contributed by atoms with E-state index >= 15 is 0 Å². The number of hydrogen-bond acceptors (Lipinski definition) is 6. The first-order valence-corrected chi connectivity index (χ1v) is 10.4. The Balaban J connectivity index is 1.73. The Morgan fingerprint density at radius 1 is 1.15 bits per heavy atom. The largest absolute Gasteiger partial charge is 0.466 e. The molecule has 2 aromatic carbocycles. The quantitative estimate of drug-likeness (QED) is 0.470. The molecule has 1 fully saturated rings. The molecule has 0 aliphatic carbocycles. The maximum absolute atomic E-state index is 13.1. The molecule has 3 rings (SSSR count). The van der Waals surface area contributed by atoms with Crippen LogP contribution in [0, 0.1) is 11.3 Å². The number of esters is 1. The summed E-state index contributed by atoms with van der Waals surface area (Å²) < 4.78 is 5.00. The molecular weight excluding hydrogens is 424 g/mol. The van der Waals surface area contributed by atoms with E-state index in [9.17, 15) is 19.2 Å². The van der Waals surface area contributed by atoms with Gasteiger partial charge in [0.15, 0.2) is 0 Å². The predicted molar refractivity (Wildman–Crippen MR) is 117 cm³/mol. The lowest BCUT2D eigenvalue weighted by Crippen LogP contribution is -2.44. The molecule has 1 aliphatic heterocycles. The van der Waals surface area contributed by atoms with Crippen LogP contribution in [0.15, 0.2) is 54.6 Å². The molecule has 33 heavy (non-hydrogen) atoms. The summed E-state index contributed by atoms with van der Waals surface area (Å²) in [5.74, 6) is -1.66. The van der Waals surface area contributed by atoms with Gasteiger partial charge >= 0.3 is 12.0 Å². The Labute approximate surface area is 191 Å². The Bertz CT molecular complexity index is 1090. The van der Waals surface area contributed by atoms with Crippen LogP contribution in [0.5, 0.6) is 0 Å². The Morgan fingerprint density at radius 2 is 1.82 bits per heavy atom. The van der Waals surface area contributed by atoms with E-state index in [1.54, 1.807) is 62.4 Å². The minimum absolute atomic E-state index is 0.0906. The molecule has 0 aromatic heterocycles. The van der Waals surface area contributed by atoms with Crippen LogP contribution in [0.3, 0.4) is 0 Å². The number of imide groups is 1. The standard InChI is InChI=1S/C24H24N4O5/c1-3-33-21(30)13-19(17-7-5-4-6-8-17)26-20(29)15-28-22(31)24(2,27-23(28)32)18-11-9-16(14-25)10-12-18/h4-12,19H,3,13,15H2,1-2H3,(H,26,29)(H,27,32)/t19-,24-/m0/s1. The van der Waals surface area contributed by atoms with Crippen LogP contribution < -0.4 is 10.6 Å². The number of amides is 4. The van der Waals surface area contributed by atoms with Crippen LogP contribution in [0.1, 0.15) is 43.0 Å². The van der Waals surface area contributed by atoms with Crippen LogP contribution >= 0.6 is 0 Å². The lowest BCUT2D eigenvalue weighted by atomic mass is 9.91. The van der Waals surface area contributed by atoms with Gasteiger partial charge < -0.3 is 15.4 Å².